The zero-order valence-corrected chi connectivity index (χ0v) is 9.21. The van der Waals surface area contributed by atoms with Crippen molar-refractivity contribution in [2.45, 2.75) is 38.3 Å². The number of rotatable bonds is 3. The number of carboxylic acid groups (broad SMARTS) is 1. The molecular weight excluding hydrogens is 180 g/mol. The zero-order chi connectivity index (χ0) is 10.8. The first-order valence-corrected chi connectivity index (χ1v) is 5.07. The maximum atomic E-state index is 10.4. The Balaban J connectivity index is 2.42. The van der Waals surface area contributed by atoms with E-state index in [9.17, 15) is 4.79 Å². The Bertz CT molecular complexity index is 216. The van der Waals surface area contributed by atoms with Gasteiger partial charge in [-0.3, -0.25) is 4.79 Å². The van der Waals surface area contributed by atoms with E-state index >= 15 is 0 Å². The lowest BCUT2D eigenvalue weighted by Gasteiger charge is -2.42. The van der Waals surface area contributed by atoms with Crippen molar-refractivity contribution in [3.05, 3.63) is 0 Å². The maximum absolute atomic E-state index is 10.4. The number of carboxylic acids is 1. The number of hydrogen-bond donors (Lipinski definition) is 2. The molecule has 1 aliphatic heterocycles. The van der Waals surface area contributed by atoms with Gasteiger partial charge in [0.25, 0.3) is 0 Å². The highest BCUT2D eigenvalue weighted by molar-refractivity contribution is 5.66. The minimum atomic E-state index is -0.710. The van der Waals surface area contributed by atoms with Gasteiger partial charge in [0.2, 0.25) is 0 Å². The molecule has 0 amide bonds. The number of piperazine rings is 1. The smallest absolute Gasteiger partial charge is 0.303 e. The van der Waals surface area contributed by atoms with Crippen LogP contribution < -0.4 is 5.32 Å². The van der Waals surface area contributed by atoms with Crippen LogP contribution in [0.4, 0.5) is 0 Å². The van der Waals surface area contributed by atoms with Crippen molar-refractivity contribution in [3.8, 4) is 0 Å². The van der Waals surface area contributed by atoms with Crippen LogP contribution in [0.2, 0.25) is 0 Å². The highest BCUT2D eigenvalue weighted by atomic mass is 16.4. The first kappa shape index (κ1) is 11.5. The summed E-state index contributed by atoms with van der Waals surface area (Å²) in [5.74, 6) is -0.710. The van der Waals surface area contributed by atoms with Crippen LogP contribution in [0, 0.1) is 0 Å². The Morgan fingerprint density at radius 2 is 2.29 bits per heavy atom. The lowest BCUT2D eigenvalue weighted by atomic mass is 9.97. The van der Waals surface area contributed by atoms with Gasteiger partial charge in [-0.2, -0.15) is 0 Å². The standard InChI is InChI=1S/C10H20N2O2/c1-10(2)7-12(3)6-8(11-10)4-5-9(13)14/h8,11H,4-7H2,1-3H3,(H,13,14). The number of nitrogens with one attached hydrogen (secondary N) is 1. The molecule has 0 aromatic carbocycles. The summed E-state index contributed by atoms with van der Waals surface area (Å²) < 4.78 is 0. The number of nitrogens with zero attached hydrogens (tertiary/aromatic N) is 1. The molecule has 0 bridgehead atoms. The molecular formula is C10H20N2O2. The van der Waals surface area contributed by atoms with Gasteiger partial charge in [-0.25, -0.2) is 0 Å². The number of carbonyl (C=O) groups is 1. The van der Waals surface area contributed by atoms with E-state index in [-0.39, 0.29) is 12.0 Å². The average Bonchev–Trinajstić information content (AvgIpc) is 1.96. The highest BCUT2D eigenvalue weighted by Gasteiger charge is 2.29. The molecule has 2 N–H and O–H groups in total. The van der Waals surface area contributed by atoms with Crippen LogP contribution in [-0.4, -0.2) is 47.7 Å². The van der Waals surface area contributed by atoms with E-state index in [1.165, 1.54) is 0 Å². The first-order chi connectivity index (χ1) is 6.39. The van der Waals surface area contributed by atoms with E-state index < -0.39 is 5.97 Å². The lowest BCUT2D eigenvalue weighted by molar-refractivity contribution is -0.137. The number of aliphatic carboxylic acids is 1. The molecule has 82 valence electrons. The van der Waals surface area contributed by atoms with E-state index in [0.717, 1.165) is 13.1 Å². The molecule has 4 heteroatoms. The third-order valence-corrected chi connectivity index (χ3v) is 2.50. The van der Waals surface area contributed by atoms with Crippen molar-refractivity contribution >= 4 is 5.97 Å². The van der Waals surface area contributed by atoms with Crippen molar-refractivity contribution in [1.29, 1.82) is 0 Å². The van der Waals surface area contributed by atoms with Crippen LogP contribution in [0.15, 0.2) is 0 Å². The largest absolute Gasteiger partial charge is 0.481 e. The molecule has 1 saturated heterocycles. The molecule has 1 atom stereocenters. The molecule has 1 fully saturated rings. The quantitative estimate of drug-likeness (QED) is 0.698. The van der Waals surface area contributed by atoms with Crippen LogP contribution >= 0.6 is 0 Å². The van der Waals surface area contributed by atoms with Gasteiger partial charge in [0.1, 0.15) is 0 Å². The highest BCUT2D eigenvalue weighted by Crippen LogP contribution is 2.14. The SMILES string of the molecule is CN1CC(CCC(=O)O)NC(C)(C)C1. The van der Waals surface area contributed by atoms with Crippen molar-refractivity contribution in [2.24, 2.45) is 0 Å². The Labute approximate surface area is 85.3 Å². The van der Waals surface area contributed by atoms with Crippen molar-refractivity contribution in [2.75, 3.05) is 20.1 Å². The zero-order valence-electron chi connectivity index (χ0n) is 9.21. The monoisotopic (exact) mass is 200 g/mol. The van der Waals surface area contributed by atoms with Gasteiger partial charge in [-0.05, 0) is 27.3 Å². The molecule has 1 aliphatic rings. The molecule has 0 saturated carbocycles. The fourth-order valence-corrected chi connectivity index (χ4v) is 2.22. The van der Waals surface area contributed by atoms with Gasteiger partial charge in [-0.15, -0.1) is 0 Å². The molecule has 14 heavy (non-hydrogen) atoms. The van der Waals surface area contributed by atoms with Gasteiger partial charge in [-0.1, -0.05) is 0 Å². The summed E-state index contributed by atoms with van der Waals surface area (Å²) >= 11 is 0. The van der Waals surface area contributed by atoms with Gasteiger partial charge < -0.3 is 15.3 Å². The Kier molecular flexibility index (Phi) is 3.50. The van der Waals surface area contributed by atoms with Crippen molar-refractivity contribution < 1.29 is 9.90 Å². The second kappa shape index (κ2) is 4.28. The van der Waals surface area contributed by atoms with Gasteiger partial charge >= 0.3 is 5.97 Å². The molecule has 0 aromatic rings. The maximum Gasteiger partial charge on any atom is 0.303 e. The molecule has 0 aliphatic carbocycles. The number of likely N-dealkylation sites (N-methyl/N-ethyl adjacent to an activating group) is 1. The van der Waals surface area contributed by atoms with Crippen LogP contribution in [0.3, 0.4) is 0 Å². The fraction of sp³-hybridized carbons (Fsp3) is 0.900. The molecule has 1 rings (SSSR count). The number of hydrogen-bond acceptors (Lipinski definition) is 3. The van der Waals surface area contributed by atoms with Crippen LogP contribution in [0.1, 0.15) is 26.7 Å². The van der Waals surface area contributed by atoms with Crippen molar-refractivity contribution in [3.63, 3.8) is 0 Å². The lowest BCUT2D eigenvalue weighted by Crippen LogP contribution is -2.60. The molecule has 0 radical (unpaired) electrons. The predicted molar refractivity (Wildman–Crippen MR) is 55.4 cm³/mol. The van der Waals surface area contributed by atoms with E-state index in [1.54, 1.807) is 0 Å². The minimum absolute atomic E-state index is 0.0934. The average molecular weight is 200 g/mol. The first-order valence-electron chi connectivity index (χ1n) is 5.07. The summed E-state index contributed by atoms with van der Waals surface area (Å²) in [7, 11) is 2.08. The van der Waals surface area contributed by atoms with Crippen LogP contribution in [-0.2, 0) is 4.79 Å². The second-order valence-electron chi connectivity index (χ2n) is 4.85. The molecule has 4 nitrogen and oxygen atoms in total. The molecule has 1 unspecified atom stereocenters. The summed E-state index contributed by atoms with van der Waals surface area (Å²) in [6.07, 6.45) is 0.963. The van der Waals surface area contributed by atoms with Gasteiger partial charge in [0, 0.05) is 31.1 Å². The summed E-state index contributed by atoms with van der Waals surface area (Å²) in [5.41, 5.74) is 0.0934. The topological polar surface area (TPSA) is 52.6 Å². The Morgan fingerprint density at radius 1 is 1.64 bits per heavy atom. The Morgan fingerprint density at radius 3 is 2.79 bits per heavy atom. The van der Waals surface area contributed by atoms with Gasteiger partial charge in [0.05, 0.1) is 0 Å². The summed E-state index contributed by atoms with van der Waals surface area (Å²) in [6.45, 7) is 6.25. The molecule has 0 spiro atoms. The van der Waals surface area contributed by atoms with E-state index in [2.05, 4.69) is 31.1 Å². The molecule has 1 heterocycles. The Hall–Kier alpha value is -0.610. The van der Waals surface area contributed by atoms with Crippen LogP contribution in [0.25, 0.3) is 0 Å². The van der Waals surface area contributed by atoms with E-state index in [0.29, 0.717) is 12.5 Å². The normalized spacial score (nSPS) is 27.5. The second-order valence-corrected chi connectivity index (χ2v) is 4.85. The fourth-order valence-electron chi connectivity index (χ4n) is 2.22. The summed E-state index contributed by atoms with van der Waals surface area (Å²) in [4.78, 5) is 12.7. The predicted octanol–water partition coefficient (Wildman–Crippen LogP) is 0.533. The van der Waals surface area contributed by atoms with E-state index in [4.69, 9.17) is 5.11 Å². The van der Waals surface area contributed by atoms with Crippen molar-refractivity contribution in [1.82, 2.24) is 10.2 Å². The third kappa shape index (κ3) is 3.64. The summed E-state index contributed by atoms with van der Waals surface area (Å²) in [6, 6.07) is 0.305. The van der Waals surface area contributed by atoms with E-state index in [1.807, 2.05) is 0 Å². The van der Waals surface area contributed by atoms with Crippen LogP contribution in [0.5, 0.6) is 0 Å². The third-order valence-electron chi connectivity index (χ3n) is 2.50. The van der Waals surface area contributed by atoms with Gasteiger partial charge in [0.15, 0.2) is 0 Å². The minimum Gasteiger partial charge on any atom is -0.481 e. The molecule has 0 aromatic heterocycles. The summed E-state index contributed by atoms with van der Waals surface area (Å²) in [5, 5.41) is 12.1.